The molecule has 2 saturated heterocycles. The number of sulfone groups is 1. The summed E-state index contributed by atoms with van der Waals surface area (Å²) in [6.07, 6.45) is 6.75. The first kappa shape index (κ1) is 22.7. The van der Waals surface area contributed by atoms with E-state index in [2.05, 4.69) is 28.9 Å². The van der Waals surface area contributed by atoms with Gasteiger partial charge in [0.2, 0.25) is 5.91 Å². The molecule has 1 amide bonds. The number of aryl methyl sites for hydroxylation is 1. The molecule has 6 nitrogen and oxygen atoms in total. The summed E-state index contributed by atoms with van der Waals surface area (Å²) in [7, 11) is -3.46. The fourth-order valence-corrected chi connectivity index (χ4v) is 5.36. The van der Waals surface area contributed by atoms with Crippen LogP contribution in [-0.2, 0) is 27.5 Å². The van der Waals surface area contributed by atoms with Crippen LogP contribution < -0.4 is 4.90 Å². The van der Waals surface area contributed by atoms with Crippen molar-refractivity contribution in [2.24, 2.45) is 5.92 Å². The van der Waals surface area contributed by atoms with Gasteiger partial charge >= 0.3 is 0 Å². The van der Waals surface area contributed by atoms with Gasteiger partial charge in [0, 0.05) is 44.0 Å². The Bertz CT molecular complexity index is 1080. The molecule has 2 fully saturated rings. The highest BCUT2D eigenvalue weighted by Gasteiger charge is 2.37. The molecule has 4 rings (SSSR count). The lowest BCUT2D eigenvalue weighted by molar-refractivity contribution is -0.133. The highest BCUT2D eigenvalue weighted by atomic mass is 32.2. The first-order valence-corrected chi connectivity index (χ1v) is 13.1. The number of nitrogens with zero attached hydrogens (tertiary/aromatic N) is 3. The van der Waals surface area contributed by atoms with E-state index in [4.69, 9.17) is 0 Å². The number of halogens is 1. The number of hydrogen-bond donors (Lipinski definition) is 0. The zero-order chi connectivity index (χ0) is 22.9. The summed E-state index contributed by atoms with van der Waals surface area (Å²) < 4.78 is 37.7. The Labute approximate surface area is 189 Å². The van der Waals surface area contributed by atoms with Gasteiger partial charge in [-0.25, -0.2) is 17.8 Å². The Morgan fingerprint density at radius 1 is 1.09 bits per heavy atom. The van der Waals surface area contributed by atoms with E-state index >= 15 is 0 Å². The lowest BCUT2D eigenvalue weighted by Gasteiger charge is -2.37. The molecule has 2 aromatic rings. The van der Waals surface area contributed by atoms with Crippen molar-refractivity contribution in [2.45, 2.75) is 50.0 Å². The van der Waals surface area contributed by atoms with Crippen LogP contribution in [0.4, 0.5) is 10.2 Å². The maximum Gasteiger partial charge on any atom is 0.226 e. The molecule has 172 valence electrons. The van der Waals surface area contributed by atoms with Crippen LogP contribution in [0.3, 0.4) is 0 Å². The molecule has 0 radical (unpaired) electrons. The number of aromatic nitrogens is 1. The molecule has 1 aromatic heterocycles. The molecule has 0 N–H and O–H groups in total. The van der Waals surface area contributed by atoms with Gasteiger partial charge in [-0.3, -0.25) is 4.79 Å². The Morgan fingerprint density at radius 2 is 1.84 bits per heavy atom. The average molecular weight is 460 g/mol. The summed E-state index contributed by atoms with van der Waals surface area (Å²) in [5.74, 6) is 0.253. The van der Waals surface area contributed by atoms with Gasteiger partial charge in [-0.05, 0) is 61.4 Å². The van der Waals surface area contributed by atoms with Gasteiger partial charge < -0.3 is 9.80 Å². The molecule has 0 spiro atoms. The van der Waals surface area contributed by atoms with Gasteiger partial charge in [-0.2, -0.15) is 0 Å². The topological polar surface area (TPSA) is 70.6 Å². The van der Waals surface area contributed by atoms with Gasteiger partial charge in [0.25, 0.3) is 0 Å². The van der Waals surface area contributed by atoms with Crippen LogP contribution in [0.15, 0.2) is 41.4 Å². The second-order valence-electron chi connectivity index (χ2n) is 8.84. The number of carbonyl (C=O) groups excluding carboxylic acids is 1. The van der Waals surface area contributed by atoms with E-state index in [1.807, 2.05) is 11.1 Å². The van der Waals surface area contributed by atoms with Crippen molar-refractivity contribution in [3.8, 4) is 0 Å². The van der Waals surface area contributed by atoms with Crippen LogP contribution in [0, 0.1) is 11.7 Å². The minimum Gasteiger partial charge on any atom is -0.356 e. The largest absolute Gasteiger partial charge is 0.356 e. The molecule has 0 bridgehead atoms. The van der Waals surface area contributed by atoms with Crippen LogP contribution in [-0.4, -0.2) is 56.1 Å². The van der Waals surface area contributed by atoms with Crippen LogP contribution >= 0.6 is 0 Å². The smallest absolute Gasteiger partial charge is 0.226 e. The predicted molar refractivity (Wildman–Crippen MR) is 122 cm³/mol. The number of likely N-dealkylation sites (tertiary alicyclic amines) is 1. The van der Waals surface area contributed by atoms with E-state index in [1.165, 1.54) is 17.7 Å². The molecule has 1 aromatic carbocycles. The standard InChI is InChI=1S/C24H30FN3O3S/c1-3-17-4-7-23(26-16-17)27-11-9-20(10-12-27)28-13-8-19(24(28)29)14-18-5-6-21(15-22(18)25)32(2,30)31/h4-7,15-16,19-20H,3,8-14H2,1-2H3. The molecular weight excluding hydrogens is 429 g/mol. The summed E-state index contributed by atoms with van der Waals surface area (Å²) in [5, 5.41) is 0. The van der Waals surface area contributed by atoms with Crippen LogP contribution in [0.2, 0.25) is 0 Å². The normalized spacial score (nSPS) is 20.2. The molecule has 2 aliphatic heterocycles. The minimum absolute atomic E-state index is 0.0382. The van der Waals surface area contributed by atoms with Crippen molar-refractivity contribution in [1.82, 2.24) is 9.88 Å². The van der Waals surface area contributed by atoms with E-state index in [0.29, 0.717) is 24.9 Å². The maximum atomic E-state index is 14.5. The summed E-state index contributed by atoms with van der Waals surface area (Å²) in [4.78, 5) is 21.8. The van der Waals surface area contributed by atoms with Gasteiger partial charge in [0.05, 0.1) is 4.90 Å². The first-order valence-electron chi connectivity index (χ1n) is 11.2. The van der Waals surface area contributed by atoms with Gasteiger partial charge in [0.1, 0.15) is 11.6 Å². The molecule has 1 atom stereocenters. The summed E-state index contributed by atoms with van der Waals surface area (Å²) in [5.41, 5.74) is 1.62. The van der Waals surface area contributed by atoms with Crippen molar-refractivity contribution in [3.63, 3.8) is 0 Å². The number of hydrogen-bond acceptors (Lipinski definition) is 5. The first-order chi connectivity index (χ1) is 15.3. The second-order valence-corrected chi connectivity index (χ2v) is 10.9. The Kier molecular flexibility index (Phi) is 6.51. The van der Waals surface area contributed by atoms with Crippen molar-refractivity contribution in [2.75, 3.05) is 30.8 Å². The molecule has 32 heavy (non-hydrogen) atoms. The molecule has 0 aliphatic carbocycles. The van der Waals surface area contributed by atoms with Crippen molar-refractivity contribution in [1.29, 1.82) is 0 Å². The Balaban J connectivity index is 1.35. The monoisotopic (exact) mass is 459 g/mol. The van der Waals surface area contributed by atoms with Crippen molar-refractivity contribution in [3.05, 3.63) is 53.5 Å². The molecule has 1 unspecified atom stereocenters. The number of carbonyl (C=O) groups is 1. The lowest BCUT2D eigenvalue weighted by atomic mass is 9.97. The molecular formula is C24H30FN3O3S. The molecule has 3 heterocycles. The third-order valence-corrected chi connectivity index (χ3v) is 7.83. The van der Waals surface area contributed by atoms with E-state index in [0.717, 1.165) is 50.5 Å². The maximum absolute atomic E-state index is 14.5. The number of amides is 1. The minimum atomic E-state index is -3.46. The van der Waals surface area contributed by atoms with Gasteiger partial charge in [-0.15, -0.1) is 0 Å². The Hall–Kier alpha value is -2.48. The molecule has 2 aliphatic rings. The molecule has 0 saturated carbocycles. The van der Waals surface area contributed by atoms with E-state index in [9.17, 15) is 17.6 Å². The summed E-state index contributed by atoms with van der Waals surface area (Å²) >= 11 is 0. The predicted octanol–water partition coefficient (Wildman–Crippen LogP) is 3.25. The van der Waals surface area contributed by atoms with E-state index in [-0.39, 0.29) is 22.8 Å². The number of piperidine rings is 1. The van der Waals surface area contributed by atoms with Crippen molar-refractivity contribution >= 4 is 21.6 Å². The van der Waals surface area contributed by atoms with Gasteiger partial charge in [0.15, 0.2) is 9.84 Å². The number of pyridine rings is 1. The van der Waals surface area contributed by atoms with E-state index < -0.39 is 15.7 Å². The zero-order valence-electron chi connectivity index (χ0n) is 18.6. The van der Waals surface area contributed by atoms with E-state index in [1.54, 1.807) is 0 Å². The number of rotatable bonds is 6. The highest BCUT2D eigenvalue weighted by Crippen LogP contribution is 2.30. The zero-order valence-corrected chi connectivity index (χ0v) is 19.4. The lowest BCUT2D eigenvalue weighted by Crippen LogP contribution is -2.46. The van der Waals surface area contributed by atoms with Crippen LogP contribution in [0.5, 0.6) is 0 Å². The third-order valence-electron chi connectivity index (χ3n) is 6.72. The fourth-order valence-electron chi connectivity index (χ4n) is 4.72. The third kappa shape index (κ3) is 4.80. The molecule has 8 heteroatoms. The fraction of sp³-hybridized carbons (Fsp3) is 0.500. The van der Waals surface area contributed by atoms with Crippen molar-refractivity contribution < 1.29 is 17.6 Å². The average Bonchev–Trinajstić information content (AvgIpc) is 3.14. The van der Waals surface area contributed by atoms with Gasteiger partial charge in [-0.1, -0.05) is 19.1 Å². The second kappa shape index (κ2) is 9.17. The quantitative estimate of drug-likeness (QED) is 0.663. The van der Waals surface area contributed by atoms with Crippen LogP contribution in [0.25, 0.3) is 0 Å². The van der Waals surface area contributed by atoms with Crippen LogP contribution in [0.1, 0.15) is 37.3 Å². The highest BCUT2D eigenvalue weighted by molar-refractivity contribution is 7.90. The number of anilines is 1. The summed E-state index contributed by atoms with van der Waals surface area (Å²) in [6.45, 7) is 4.53. The number of benzene rings is 1. The summed E-state index contributed by atoms with van der Waals surface area (Å²) in [6, 6.07) is 8.36. The SMILES string of the molecule is CCc1ccc(N2CCC(N3CCC(Cc4ccc(S(C)(=O)=O)cc4F)C3=O)CC2)nc1. The Morgan fingerprint density at radius 3 is 2.44 bits per heavy atom.